The van der Waals surface area contributed by atoms with Gasteiger partial charge in [0.1, 0.15) is 6.61 Å². The zero-order valence-electron chi connectivity index (χ0n) is 9.74. The number of ether oxygens (including phenoxy) is 1. The monoisotopic (exact) mass is 268 g/mol. The minimum atomic E-state index is -3.49. The van der Waals surface area contributed by atoms with Crippen LogP contribution < -0.4 is 0 Å². The van der Waals surface area contributed by atoms with E-state index in [1.54, 1.807) is 25.1 Å². The smallest absolute Gasteiger partial charge is 0.413 e. The topological polar surface area (TPSA) is 96.8 Å². The van der Waals surface area contributed by atoms with E-state index < -0.39 is 15.8 Å². The van der Waals surface area contributed by atoms with Crippen LogP contribution in [0.2, 0.25) is 0 Å². The van der Waals surface area contributed by atoms with Gasteiger partial charge in [-0.3, -0.25) is 0 Å². The van der Waals surface area contributed by atoms with Crippen molar-refractivity contribution in [3.8, 4) is 0 Å². The Labute approximate surface area is 105 Å². The van der Waals surface area contributed by atoms with Crippen molar-refractivity contribution < 1.29 is 22.7 Å². The van der Waals surface area contributed by atoms with E-state index in [1.807, 2.05) is 0 Å². The first-order valence-corrected chi connectivity index (χ1v) is 6.75. The third-order valence-electron chi connectivity index (χ3n) is 2.19. The van der Waals surface area contributed by atoms with Gasteiger partial charge in [0.15, 0.2) is 9.84 Å². The summed E-state index contributed by atoms with van der Waals surface area (Å²) in [5.41, 5.74) is 8.70. The first kappa shape index (κ1) is 14.1. The Morgan fingerprint density at radius 2 is 2.11 bits per heavy atom. The summed E-state index contributed by atoms with van der Waals surface area (Å²) in [6.45, 7) is 1.40. The fraction of sp³-hybridized carbons (Fsp3) is 0.273. The van der Waals surface area contributed by atoms with Gasteiger partial charge in [-0.05, 0) is 18.6 Å². The van der Waals surface area contributed by atoms with Crippen LogP contribution in [0.1, 0.15) is 5.56 Å². The number of hydrogen-bond acceptors (Lipinski definition) is 4. The maximum atomic E-state index is 11.9. The Hall–Kier alpha value is -1.98. The first-order valence-electron chi connectivity index (χ1n) is 5.10. The Balaban J connectivity index is 2.70. The maximum Gasteiger partial charge on any atom is 0.413 e. The highest BCUT2D eigenvalue weighted by molar-refractivity contribution is 7.91. The van der Waals surface area contributed by atoms with Crippen LogP contribution >= 0.6 is 0 Å². The number of sulfone groups is 1. The molecule has 18 heavy (non-hydrogen) atoms. The van der Waals surface area contributed by atoms with Gasteiger partial charge in [-0.25, -0.2) is 13.2 Å². The van der Waals surface area contributed by atoms with E-state index in [9.17, 15) is 13.2 Å². The van der Waals surface area contributed by atoms with E-state index in [1.165, 1.54) is 6.07 Å². The summed E-state index contributed by atoms with van der Waals surface area (Å²) in [6, 6.07) is 6.56. The van der Waals surface area contributed by atoms with Crippen LogP contribution in [0.4, 0.5) is 0 Å². The number of aryl methyl sites for hydroxylation is 1. The number of hydrogen-bond donors (Lipinski definition) is 0. The number of benzene rings is 1. The Morgan fingerprint density at radius 1 is 1.44 bits per heavy atom. The van der Waals surface area contributed by atoms with Crippen molar-refractivity contribution in [1.29, 1.82) is 0 Å². The molecule has 0 fully saturated rings. The highest BCUT2D eigenvalue weighted by atomic mass is 32.2. The molecule has 0 aliphatic rings. The van der Waals surface area contributed by atoms with Crippen LogP contribution in [-0.4, -0.2) is 37.8 Å². The zero-order chi connectivity index (χ0) is 13.6. The molecule has 0 radical (unpaired) electrons. The van der Waals surface area contributed by atoms with Crippen molar-refractivity contribution in [2.75, 3.05) is 12.4 Å². The average molecular weight is 268 g/mol. The highest BCUT2D eigenvalue weighted by Crippen LogP contribution is 2.15. The van der Waals surface area contributed by atoms with Crippen LogP contribution in [-0.2, 0) is 19.4 Å². The quantitative estimate of drug-likeness (QED) is 0.338. The number of esters is 1. The van der Waals surface area contributed by atoms with Gasteiger partial charge in [-0.1, -0.05) is 18.2 Å². The molecule has 1 rings (SSSR count). The van der Waals surface area contributed by atoms with Crippen LogP contribution in [0.3, 0.4) is 0 Å². The van der Waals surface area contributed by atoms with Gasteiger partial charge < -0.3 is 10.3 Å². The summed E-state index contributed by atoms with van der Waals surface area (Å²) in [5, 5.41) is 0. The van der Waals surface area contributed by atoms with Gasteiger partial charge in [-0.2, -0.15) is 4.79 Å². The molecule has 0 N–H and O–H groups in total. The highest BCUT2D eigenvalue weighted by Gasteiger charge is 2.17. The molecule has 0 bridgehead atoms. The molecule has 0 saturated heterocycles. The van der Waals surface area contributed by atoms with E-state index in [2.05, 4.69) is 9.53 Å². The van der Waals surface area contributed by atoms with Crippen molar-refractivity contribution in [1.82, 2.24) is 0 Å². The summed E-state index contributed by atoms with van der Waals surface area (Å²) >= 11 is 0. The van der Waals surface area contributed by atoms with Gasteiger partial charge in [0, 0.05) is 0 Å². The third-order valence-corrected chi connectivity index (χ3v) is 4.02. The SMILES string of the molecule is Cc1ccccc1S(=O)(=O)CCOC(=O)C=[N+]=[N-]. The normalized spacial score (nSPS) is 10.5. The summed E-state index contributed by atoms with van der Waals surface area (Å²) in [5.74, 6) is -1.21. The molecule has 0 aliphatic carbocycles. The lowest BCUT2D eigenvalue weighted by atomic mass is 10.2. The summed E-state index contributed by atoms with van der Waals surface area (Å²) < 4.78 is 28.4. The summed E-state index contributed by atoms with van der Waals surface area (Å²) in [7, 11) is -3.49. The maximum absolute atomic E-state index is 11.9. The van der Waals surface area contributed by atoms with Gasteiger partial charge >= 0.3 is 12.2 Å². The molecule has 0 unspecified atom stereocenters. The lowest BCUT2D eigenvalue weighted by molar-refractivity contribution is -0.138. The first-order chi connectivity index (χ1) is 8.47. The van der Waals surface area contributed by atoms with Crippen LogP contribution in [0.15, 0.2) is 29.2 Å². The summed E-state index contributed by atoms with van der Waals surface area (Å²) in [4.78, 5) is 13.5. The summed E-state index contributed by atoms with van der Waals surface area (Å²) in [6.07, 6.45) is 0.556. The van der Waals surface area contributed by atoms with E-state index in [0.29, 0.717) is 11.8 Å². The third kappa shape index (κ3) is 3.80. The predicted octanol–water partition coefficient (Wildman–Crippen LogP) is 0.613. The van der Waals surface area contributed by atoms with Gasteiger partial charge in [0.25, 0.3) is 0 Å². The predicted molar refractivity (Wildman–Crippen MR) is 63.9 cm³/mol. The lowest BCUT2D eigenvalue weighted by Gasteiger charge is -2.06. The van der Waals surface area contributed by atoms with E-state index in [0.717, 1.165) is 0 Å². The van der Waals surface area contributed by atoms with E-state index in [4.69, 9.17) is 5.53 Å². The zero-order valence-corrected chi connectivity index (χ0v) is 10.6. The minimum absolute atomic E-state index is 0.219. The van der Waals surface area contributed by atoms with Crippen LogP contribution in [0.25, 0.3) is 5.53 Å². The molecule has 0 aliphatic heterocycles. The van der Waals surface area contributed by atoms with Crippen molar-refractivity contribution in [3.05, 3.63) is 35.4 Å². The molecule has 0 atom stereocenters. The largest absolute Gasteiger partial charge is 0.456 e. The van der Waals surface area contributed by atoms with E-state index in [-0.39, 0.29) is 17.3 Å². The number of carbonyl (C=O) groups excluding carboxylic acids is 1. The minimum Gasteiger partial charge on any atom is -0.456 e. The number of carbonyl (C=O) groups is 1. The second-order valence-corrected chi connectivity index (χ2v) is 5.57. The second-order valence-electron chi connectivity index (χ2n) is 3.50. The number of nitrogens with zero attached hydrogens (tertiary/aromatic N) is 2. The van der Waals surface area contributed by atoms with Crippen molar-refractivity contribution in [3.63, 3.8) is 0 Å². The molecule has 0 spiro atoms. The van der Waals surface area contributed by atoms with Crippen molar-refractivity contribution in [2.45, 2.75) is 11.8 Å². The molecule has 0 aromatic heterocycles. The van der Waals surface area contributed by atoms with Gasteiger partial charge in [-0.15, -0.1) is 0 Å². The molecule has 7 heteroatoms. The molecule has 0 amide bonds. The fourth-order valence-electron chi connectivity index (χ4n) is 1.35. The van der Waals surface area contributed by atoms with Crippen LogP contribution in [0.5, 0.6) is 0 Å². The van der Waals surface area contributed by atoms with E-state index >= 15 is 0 Å². The Kier molecular flexibility index (Phi) is 4.76. The average Bonchev–Trinajstić information content (AvgIpc) is 2.29. The van der Waals surface area contributed by atoms with Crippen LogP contribution in [0, 0.1) is 6.92 Å². The number of rotatable bonds is 5. The van der Waals surface area contributed by atoms with Gasteiger partial charge in [0.05, 0.1) is 10.6 Å². The molecule has 1 aromatic rings. The second kappa shape index (κ2) is 6.09. The van der Waals surface area contributed by atoms with Crippen molar-refractivity contribution in [2.24, 2.45) is 0 Å². The fourth-order valence-corrected chi connectivity index (χ4v) is 2.72. The molecule has 6 nitrogen and oxygen atoms in total. The Bertz CT molecular complexity index is 589. The van der Waals surface area contributed by atoms with Crippen molar-refractivity contribution >= 4 is 22.0 Å². The molecular formula is C11H12N2O4S. The lowest BCUT2D eigenvalue weighted by Crippen LogP contribution is -2.17. The molecule has 1 aromatic carbocycles. The molecule has 0 heterocycles. The van der Waals surface area contributed by atoms with Gasteiger partial charge in [0.2, 0.25) is 0 Å². The molecular weight excluding hydrogens is 256 g/mol. The molecule has 0 saturated carbocycles. The Morgan fingerprint density at radius 3 is 2.72 bits per heavy atom. The molecule has 96 valence electrons. The standard InChI is InChI=1S/C11H12N2O4S/c1-9-4-2-3-5-10(9)18(15,16)7-6-17-11(14)8-13-12/h2-5,8H,6-7H2,1H3.